The minimum absolute atomic E-state index is 0.0337. The number of amides is 1. The molecule has 2 unspecified atom stereocenters. The van der Waals surface area contributed by atoms with Gasteiger partial charge in [-0.05, 0) is 25.0 Å². The van der Waals surface area contributed by atoms with E-state index in [1.165, 1.54) is 0 Å². The Morgan fingerprint density at radius 3 is 2.76 bits per heavy atom. The molecule has 2 rings (SSSR count). The first kappa shape index (κ1) is 15.9. The smallest absolute Gasteiger partial charge is 0.327 e. The fourth-order valence-corrected chi connectivity index (χ4v) is 4.19. The van der Waals surface area contributed by atoms with Crippen LogP contribution in [0, 0.1) is 0 Å². The molecule has 0 spiro atoms. The number of carbonyl (C=O) groups excluding carboxylic acids is 1. The van der Waals surface area contributed by atoms with Gasteiger partial charge in [0, 0.05) is 18.5 Å². The molecule has 1 aromatic heterocycles. The van der Waals surface area contributed by atoms with Gasteiger partial charge < -0.3 is 14.6 Å². The van der Waals surface area contributed by atoms with E-state index in [2.05, 4.69) is 13.8 Å². The van der Waals surface area contributed by atoms with Crippen LogP contribution >= 0.6 is 11.8 Å². The van der Waals surface area contributed by atoms with Crippen molar-refractivity contribution in [1.82, 2.24) is 9.47 Å². The number of thioether (sulfide) groups is 1. The molecule has 2 atom stereocenters. The molecule has 1 fully saturated rings. The number of carbonyl (C=O) groups is 2. The molecule has 1 aliphatic heterocycles. The molecular weight excluding hydrogens is 288 g/mol. The van der Waals surface area contributed by atoms with Gasteiger partial charge in [0.1, 0.15) is 11.7 Å². The number of nitrogens with zero attached hydrogens (tertiary/aromatic N) is 2. The van der Waals surface area contributed by atoms with Gasteiger partial charge in [-0.3, -0.25) is 4.79 Å². The van der Waals surface area contributed by atoms with E-state index in [0.29, 0.717) is 11.4 Å². The molecular formula is C15H22N2O3S. The summed E-state index contributed by atoms with van der Waals surface area (Å²) in [6.07, 6.45) is 4.58. The second-order valence-corrected chi connectivity index (χ2v) is 6.44. The van der Waals surface area contributed by atoms with E-state index < -0.39 is 12.0 Å². The van der Waals surface area contributed by atoms with Crippen molar-refractivity contribution in [3.05, 3.63) is 24.0 Å². The van der Waals surface area contributed by atoms with Crippen molar-refractivity contribution in [3.63, 3.8) is 0 Å². The first-order valence-electron chi connectivity index (χ1n) is 7.42. The summed E-state index contributed by atoms with van der Waals surface area (Å²) in [6.45, 7) is 4.88. The lowest BCUT2D eigenvalue weighted by Gasteiger charge is -2.27. The number of carboxylic acids is 1. The minimum atomic E-state index is -0.914. The number of carboxylic acid groups (broad SMARTS) is 1. The van der Waals surface area contributed by atoms with Crippen molar-refractivity contribution in [1.29, 1.82) is 0 Å². The van der Waals surface area contributed by atoms with Crippen LogP contribution in [0.2, 0.25) is 0 Å². The Labute approximate surface area is 129 Å². The van der Waals surface area contributed by atoms with Crippen LogP contribution in [0.5, 0.6) is 0 Å². The average molecular weight is 310 g/mol. The van der Waals surface area contributed by atoms with E-state index in [4.69, 9.17) is 0 Å². The van der Waals surface area contributed by atoms with Crippen LogP contribution in [0.1, 0.15) is 43.6 Å². The second kappa shape index (κ2) is 7.02. The first-order chi connectivity index (χ1) is 10.1. The van der Waals surface area contributed by atoms with Crippen LogP contribution in [0.3, 0.4) is 0 Å². The Hall–Kier alpha value is -1.43. The maximum Gasteiger partial charge on any atom is 0.327 e. The third-order valence-corrected chi connectivity index (χ3v) is 5.02. The van der Waals surface area contributed by atoms with E-state index in [0.717, 1.165) is 25.8 Å². The normalized spacial score (nSPS) is 21.7. The van der Waals surface area contributed by atoms with Crippen LogP contribution in [0.15, 0.2) is 18.3 Å². The second-order valence-electron chi connectivity index (χ2n) is 5.23. The zero-order valence-corrected chi connectivity index (χ0v) is 13.3. The summed E-state index contributed by atoms with van der Waals surface area (Å²) < 4.78 is 1.91. The molecule has 1 aliphatic rings. The largest absolute Gasteiger partial charge is 0.480 e. The lowest BCUT2D eigenvalue weighted by Crippen LogP contribution is -2.46. The molecule has 5 nitrogen and oxygen atoms in total. The molecule has 1 amide bonds. The van der Waals surface area contributed by atoms with Crippen molar-refractivity contribution in [2.24, 2.45) is 0 Å². The zero-order valence-electron chi connectivity index (χ0n) is 12.5. The maximum absolute atomic E-state index is 12.8. The van der Waals surface area contributed by atoms with Crippen LogP contribution < -0.4 is 0 Å². The molecule has 0 radical (unpaired) electrons. The molecule has 0 saturated carbocycles. The van der Waals surface area contributed by atoms with E-state index in [9.17, 15) is 14.7 Å². The molecule has 1 saturated heterocycles. The molecule has 21 heavy (non-hydrogen) atoms. The van der Waals surface area contributed by atoms with Crippen LogP contribution in [-0.4, -0.2) is 43.6 Å². The standard InChI is InChI=1S/C15H22N2O3S/c1-3-6-13-17(12(10-21-13)15(19)20)14(18)11-7-5-9-16(11)8-4-2/h5,7,9,12-13H,3-4,6,8,10H2,1-2H3,(H,19,20). The number of aliphatic carboxylic acids is 1. The molecule has 0 bridgehead atoms. The van der Waals surface area contributed by atoms with Gasteiger partial charge in [0.25, 0.3) is 5.91 Å². The number of rotatable bonds is 6. The quantitative estimate of drug-likeness (QED) is 0.877. The van der Waals surface area contributed by atoms with Crippen molar-refractivity contribution in [3.8, 4) is 0 Å². The van der Waals surface area contributed by atoms with Gasteiger partial charge in [-0.25, -0.2) is 4.79 Å². The summed E-state index contributed by atoms with van der Waals surface area (Å²) in [4.78, 5) is 25.8. The summed E-state index contributed by atoms with van der Waals surface area (Å²) in [6, 6.07) is 2.91. The minimum Gasteiger partial charge on any atom is -0.480 e. The number of aromatic nitrogens is 1. The van der Waals surface area contributed by atoms with Gasteiger partial charge in [-0.1, -0.05) is 20.3 Å². The van der Waals surface area contributed by atoms with Gasteiger partial charge in [0.05, 0.1) is 5.37 Å². The molecule has 6 heteroatoms. The van der Waals surface area contributed by atoms with Crippen LogP contribution in [0.25, 0.3) is 0 Å². The Morgan fingerprint density at radius 1 is 1.38 bits per heavy atom. The summed E-state index contributed by atoms with van der Waals surface area (Å²) in [5.41, 5.74) is 0.590. The van der Waals surface area contributed by atoms with E-state index >= 15 is 0 Å². The van der Waals surface area contributed by atoms with Crippen molar-refractivity contribution >= 4 is 23.6 Å². The Balaban J connectivity index is 2.27. The van der Waals surface area contributed by atoms with Gasteiger partial charge in [-0.15, -0.1) is 11.8 Å². The summed E-state index contributed by atoms with van der Waals surface area (Å²) in [5.74, 6) is -0.604. The fraction of sp³-hybridized carbons (Fsp3) is 0.600. The number of hydrogen-bond donors (Lipinski definition) is 1. The Kier molecular flexibility index (Phi) is 5.33. The van der Waals surface area contributed by atoms with Gasteiger partial charge in [0.2, 0.25) is 0 Å². The summed E-state index contributed by atoms with van der Waals surface area (Å²) in [5, 5.41) is 9.34. The van der Waals surface area contributed by atoms with E-state index in [-0.39, 0.29) is 11.3 Å². The highest BCUT2D eigenvalue weighted by atomic mass is 32.2. The highest BCUT2D eigenvalue weighted by Gasteiger charge is 2.42. The van der Waals surface area contributed by atoms with Crippen molar-refractivity contribution in [2.75, 3.05) is 5.75 Å². The summed E-state index contributed by atoms with van der Waals surface area (Å²) in [7, 11) is 0. The Morgan fingerprint density at radius 2 is 2.14 bits per heavy atom. The van der Waals surface area contributed by atoms with Crippen LogP contribution in [0.4, 0.5) is 0 Å². The van der Waals surface area contributed by atoms with Crippen molar-refractivity contribution < 1.29 is 14.7 Å². The van der Waals surface area contributed by atoms with Gasteiger partial charge in [-0.2, -0.15) is 0 Å². The monoisotopic (exact) mass is 310 g/mol. The number of hydrogen-bond acceptors (Lipinski definition) is 3. The molecule has 1 N–H and O–H groups in total. The predicted molar refractivity (Wildman–Crippen MR) is 83.5 cm³/mol. The first-order valence-corrected chi connectivity index (χ1v) is 8.47. The topological polar surface area (TPSA) is 62.5 Å². The highest BCUT2D eigenvalue weighted by Crippen LogP contribution is 2.33. The van der Waals surface area contributed by atoms with Gasteiger partial charge in [0.15, 0.2) is 0 Å². The molecule has 116 valence electrons. The fourth-order valence-electron chi connectivity index (χ4n) is 2.67. The van der Waals surface area contributed by atoms with Gasteiger partial charge >= 0.3 is 5.97 Å². The summed E-state index contributed by atoms with van der Waals surface area (Å²) >= 11 is 1.57. The zero-order chi connectivity index (χ0) is 15.4. The highest BCUT2D eigenvalue weighted by molar-refractivity contribution is 8.00. The third-order valence-electron chi connectivity index (χ3n) is 3.66. The predicted octanol–water partition coefficient (Wildman–Crippen LogP) is 2.67. The molecule has 0 aromatic carbocycles. The molecule has 0 aliphatic carbocycles. The SMILES string of the molecule is CCCC1SCC(C(=O)O)N1C(=O)c1cccn1CCC. The van der Waals surface area contributed by atoms with Crippen molar-refractivity contribution in [2.45, 2.75) is 51.1 Å². The van der Waals surface area contributed by atoms with Crippen LogP contribution in [-0.2, 0) is 11.3 Å². The number of aryl methyl sites for hydroxylation is 1. The molecule has 2 heterocycles. The lowest BCUT2D eigenvalue weighted by molar-refractivity contribution is -0.141. The lowest BCUT2D eigenvalue weighted by atomic mass is 10.2. The average Bonchev–Trinajstić information content (AvgIpc) is 3.05. The Bertz CT molecular complexity index is 515. The van der Waals surface area contributed by atoms with E-state index in [1.807, 2.05) is 16.8 Å². The third kappa shape index (κ3) is 3.26. The molecule has 1 aromatic rings. The van der Waals surface area contributed by atoms with E-state index in [1.54, 1.807) is 22.7 Å². The maximum atomic E-state index is 12.8.